The number of hydrogen-bond acceptors (Lipinski definition) is 4. The summed E-state index contributed by atoms with van der Waals surface area (Å²) in [5.41, 5.74) is 2.01. The van der Waals surface area contributed by atoms with Gasteiger partial charge in [0.2, 0.25) is 5.91 Å². The summed E-state index contributed by atoms with van der Waals surface area (Å²) in [6, 6.07) is 10.0. The van der Waals surface area contributed by atoms with Crippen LogP contribution in [0.5, 0.6) is 0 Å². The number of nitrogens with one attached hydrogen (secondary N) is 1. The van der Waals surface area contributed by atoms with Gasteiger partial charge in [-0.25, -0.2) is 8.78 Å². The number of rotatable bonds is 6. The molecular weight excluding hydrogens is 366 g/mol. The molecule has 1 heterocycles. The lowest BCUT2D eigenvalue weighted by atomic mass is 10.1. The Balaban J connectivity index is 1.67. The Morgan fingerprint density at radius 2 is 1.89 bits per heavy atom. The minimum Gasteiger partial charge on any atom is -0.394 e. The van der Waals surface area contributed by atoms with Crippen LogP contribution in [0.3, 0.4) is 0 Å². The van der Waals surface area contributed by atoms with Crippen LogP contribution in [0.4, 0.5) is 14.5 Å². The molecule has 1 atom stereocenters. The normalized spacial score (nSPS) is 15.6. The number of aliphatic hydroxyl groups excluding tert-OH is 1. The van der Waals surface area contributed by atoms with Gasteiger partial charge in [-0.1, -0.05) is 12.1 Å². The third kappa shape index (κ3) is 5.37. The predicted octanol–water partition coefficient (Wildman–Crippen LogP) is 2.66. The topological polar surface area (TPSA) is 61.8 Å². The van der Waals surface area contributed by atoms with Crippen molar-refractivity contribution in [1.82, 2.24) is 5.32 Å². The van der Waals surface area contributed by atoms with Crippen LogP contribution in [0.15, 0.2) is 48.5 Å². The quantitative estimate of drug-likeness (QED) is 0.747. The summed E-state index contributed by atoms with van der Waals surface area (Å²) in [7, 11) is 0. The molecule has 2 N–H and O–H groups in total. The molecule has 0 bridgehead atoms. The number of nitrogens with zero attached hydrogens (tertiary/aromatic N) is 1. The van der Waals surface area contributed by atoms with Crippen molar-refractivity contribution in [3.05, 3.63) is 71.3 Å². The van der Waals surface area contributed by atoms with Crippen LogP contribution in [0.1, 0.15) is 17.2 Å². The molecule has 7 heteroatoms. The number of hydrogen-bond donors (Lipinski definition) is 2. The lowest BCUT2D eigenvalue weighted by Gasteiger charge is -2.29. The Hall–Kier alpha value is -2.77. The van der Waals surface area contributed by atoms with E-state index >= 15 is 0 Å². The lowest BCUT2D eigenvalue weighted by molar-refractivity contribution is -0.117. The van der Waals surface area contributed by atoms with Gasteiger partial charge in [-0.15, -0.1) is 0 Å². The van der Waals surface area contributed by atoms with Gasteiger partial charge in [0.25, 0.3) is 0 Å². The van der Waals surface area contributed by atoms with Crippen molar-refractivity contribution < 1.29 is 23.4 Å². The third-order valence-electron chi connectivity index (χ3n) is 4.46. The fourth-order valence-electron chi connectivity index (χ4n) is 3.06. The average molecular weight is 388 g/mol. The number of carbonyl (C=O) groups excluding carboxylic acids is 1. The Morgan fingerprint density at radius 3 is 2.57 bits per heavy atom. The third-order valence-corrected chi connectivity index (χ3v) is 4.46. The first-order valence-corrected chi connectivity index (χ1v) is 9.03. The molecule has 1 aliphatic heterocycles. The first-order valence-electron chi connectivity index (χ1n) is 9.03. The number of amides is 1. The van der Waals surface area contributed by atoms with Crippen molar-refractivity contribution in [2.75, 3.05) is 37.8 Å². The largest absolute Gasteiger partial charge is 0.394 e. The van der Waals surface area contributed by atoms with E-state index in [1.165, 1.54) is 12.2 Å². The summed E-state index contributed by atoms with van der Waals surface area (Å²) >= 11 is 0. The number of aliphatic hydroxyl groups is 1. The minimum absolute atomic E-state index is 0.238. The minimum atomic E-state index is -0.715. The Bertz CT molecular complexity index is 831. The molecule has 5 nitrogen and oxygen atoms in total. The molecule has 1 amide bonds. The van der Waals surface area contributed by atoms with E-state index in [2.05, 4.69) is 10.2 Å². The number of benzene rings is 2. The van der Waals surface area contributed by atoms with E-state index in [-0.39, 0.29) is 12.2 Å². The first-order chi connectivity index (χ1) is 13.5. The molecule has 148 valence electrons. The van der Waals surface area contributed by atoms with Crippen LogP contribution in [-0.2, 0) is 9.53 Å². The van der Waals surface area contributed by atoms with E-state index in [9.17, 15) is 18.7 Å². The highest BCUT2D eigenvalue weighted by molar-refractivity contribution is 5.92. The smallest absolute Gasteiger partial charge is 0.244 e. The van der Waals surface area contributed by atoms with Crippen molar-refractivity contribution in [2.24, 2.45) is 0 Å². The number of ether oxygens (including phenoxy) is 1. The maximum atomic E-state index is 13.2. The van der Waals surface area contributed by atoms with E-state index in [4.69, 9.17) is 4.74 Å². The maximum absolute atomic E-state index is 13.2. The molecule has 0 spiro atoms. The predicted molar refractivity (Wildman–Crippen MR) is 103 cm³/mol. The summed E-state index contributed by atoms with van der Waals surface area (Å²) in [6.07, 6.45) is 2.50. The van der Waals surface area contributed by atoms with Gasteiger partial charge < -0.3 is 20.1 Å². The summed E-state index contributed by atoms with van der Waals surface area (Å²) in [4.78, 5) is 14.4. The van der Waals surface area contributed by atoms with Crippen molar-refractivity contribution in [3.8, 4) is 0 Å². The van der Waals surface area contributed by atoms with Crippen LogP contribution in [0.2, 0.25) is 0 Å². The molecule has 0 aliphatic carbocycles. The van der Waals surface area contributed by atoms with E-state index in [0.29, 0.717) is 13.2 Å². The second kappa shape index (κ2) is 9.43. The highest BCUT2D eigenvalue weighted by atomic mass is 19.1. The SMILES string of the molecule is O=C(/C=C/c1cc(F)cc(F)c1)N[C@H](CO)c1cccc(N2CCOCC2)c1. The van der Waals surface area contributed by atoms with Crippen molar-refractivity contribution >= 4 is 17.7 Å². The van der Waals surface area contributed by atoms with E-state index < -0.39 is 23.6 Å². The fraction of sp³-hybridized carbons (Fsp3) is 0.286. The summed E-state index contributed by atoms with van der Waals surface area (Å²) in [5, 5.41) is 12.4. The molecule has 1 fully saturated rings. The van der Waals surface area contributed by atoms with Gasteiger partial charge in [-0.05, 0) is 41.5 Å². The highest BCUT2D eigenvalue weighted by Gasteiger charge is 2.16. The van der Waals surface area contributed by atoms with Gasteiger partial charge in [0.1, 0.15) is 11.6 Å². The lowest BCUT2D eigenvalue weighted by Crippen LogP contribution is -2.36. The van der Waals surface area contributed by atoms with Gasteiger partial charge in [0.05, 0.1) is 25.9 Å². The van der Waals surface area contributed by atoms with Gasteiger partial charge in [0, 0.05) is 30.9 Å². The van der Waals surface area contributed by atoms with Gasteiger partial charge in [-0.3, -0.25) is 4.79 Å². The fourth-order valence-corrected chi connectivity index (χ4v) is 3.06. The molecule has 1 aliphatic rings. The van der Waals surface area contributed by atoms with Crippen molar-refractivity contribution in [1.29, 1.82) is 0 Å². The summed E-state index contributed by atoms with van der Waals surface area (Å²) in [5.74, 6) is -1.90. The molecule has 0 radical (unpaired) electrons. The van der Waals surface area contributed by atoms with Crippen LogP contribution in [-0.4, -0.2) is 43.9 Å². The molecule has 2 aromatic rings. The van der Waals surface area contributed by atoms with Crippen LogP contribution in [0.25, 0.3) is 6.08 Å². The second-order valence-corrected chi connectivity index (χ2v) is 6.47. The molecule has 0 aromatic heterocycles. The van der Waals surface area contributed by atoms with Crippen molar-refractivity contribution in [2.45, 2.75) is 6.04 Å². The van der Waals surface area contributed by atoms with E-state index in [1.54, 1.807) is 0 Å². The van der Waals surface area contributed by atoms with Crippen molar-refractivity contribution in [3.63, 3.8) is 0 Å². The molecular formula is C21H22F2N2O3. The Morgan fingerprint density at radius 1 is 1.18 bits per heavy atom. The highest BCUT2D eigenvalue weighted by Crippen LogP contribution is 2.22. The molecule has 28 heavy (non-hydrogen) atoms. The van der Waals surface area contributed by atoms with E-state index in [0.717, 1.165) is 42.5 Å². The van der Waals surface area contributed by atoms with Crippen LogP contribution >= 0.6 is 0 Å². The molecule has 0 saturated carbocycles. The average Bonchev–Trinajstić information content (AvgIpc) is 2.70. The molecule has 0 unspecified atom stereocenters. The van der Waals surface area contributed by atoms with E-state index in [1.807, 2.05) is 24.3 Å². The Kier molecular flexibility index (Phi) is 6.73. The molecule has 3 rings (SSSR count). The Labute approximate surface area is 162 Å². The number of halogens is 2. The molecule has 1 saturated heterocycles. The summed E-state index contributed by atoms with van der Waals surface area (Å²) < 4.78 is 31.8. The monoisotopic (exact) mass is 388 g/mol. The van der Waals surface area contributed by atoms with Gasteiger partial charge >= 0.3 is 0 Å². The summed E-state index contributed by atoms with van der Waals surface area (Å²) in [6.45, 7) is 2.62. The number of morpholine rings is 1. The zero-order valence-corrected chi connectivity index (χ0v) is 15.3. The van der Waals surface area contributed by atoms with Crippen LogP contribution < -0.4 is 10.2 Å². The first kappa shape index (κ1) is 20.0. The second-order valence-electron chi connectivity index (χ2n) is 6.47. The molecule has 2 aromatic carbocycles. The number of carbonyl (C=O) groups is 1. The van der Waals surface area contributed by atoms with Gasteiger partial charge in [-0.2, -0.15) is 0 Å². The zero-order chi connectivity index (χ0) is 19.9. The van der Waals surface area contributed by atoms with Gasteiger partial charge in [0.15, 0.2) is 0 Å². The standard InChI is InChI=1S/C21H22F2N2O3/c22-17-10-15(11-18(23)13-17)4-5-21(27)24-20(14-26)16-2-1-3-19(12-16)25-6-8-28-9-7-25/h1-5,10-13,20,26H,6-9,14H2,(H,24,27)/b5-4+/t20-/m1/s1. The number of anilines is 1. The van der Waals surface area contributed by atoms with Crippen LogP contribution in [0, 0.1) is 11.6 Å². The maximum Gasteiger partial charge on any atom is 0.244 e. The zero-order valence-electron chi connectivity index (χ0n) is 15.3.